The van der Waals surface area contributed by atoms with Gasteiger partial charge in [-0.3, -0.25) is 4.79 Å². The summed E-state index contributed by atoms with van der Waals surface area (Å²) in [5.41, 5.74) is 1.95. The van der Waals surface area contributed by atoms with Gasteiger partial charge in [-0.2, -0.15) is 0 Å². The van der Waals surface area contributed by atoms with E-state index in [1.807, 2.05) is 30.3 Å². The average molecular weight is 385 g/mol. The summed E-state index contributed by atoms with van der Waals surface area (Å²) in [6.07, 6.45) is 4.94. The molecule has 1 aliphatic rings. The molecule has 0 aromatic heterocycles. The Morgan fingerprint density at radius 3 is 2.41 bits per heavy atom. The molecule has 1 unspecified atom stereocenters. The van der Waals surface area contributed by atoms with Crippen LogP contribution in [0.15, 0.2) is 65.6 Å². The lowest BCUT2D eigenvalue weighted by atomic mass is 10.0. The number of sulfonamides is 1. The largest absolute Gasteiger partial charge is 0.352 e. The van der Waals surface area contributed by atoms with Crippen molar-refractivity contribution in [2.24, 2.45) is 0 Å². The van der Waals surface area contributed by atoms with Gasteiger partial charge in [0.2, 0.25) is 15.9 Å². The molecule has 1 saturated carbocycles. The second-order valence-electron chi connectivity index (χ2n) is 6.85. The lowest BCUT2D eigenvalue weighted by molar-refractivity contribution is -0.116. The number of nitrogens with one attached hydrogen (secondary N) is 2. The predicted molar refractivity (Wildman–Crippen MR) is 107 cm³/mol. The van der Waals surface area contributed by atoms with E-state index in [2.05, 4.69) is 17.0 Å². The van der Waals surface area contributed by atoms with Crippen molar-refractivity contribution in [2.45, 2.75) is 36.6 Å². The fourth-order valence-corrected chi connectivity index (χ4v) is 3.94. The molecule has 0 radical (unpaired) electrons. The summed E-state index contributed by atoms with van der Waals surface area (Å²) in [7, 11) is -3.44. The van der Waals surface area contributed by atoms with Gasteiger partial charge in [0.15, 0.2) is 0 Å². The SMILES string of the molecule is CC(CNC(=O)/C=C/c1ccc(S(=O)(=O)NC2CC2)cc1)c1ccccc1. The standard InChI is InChI=1S/C21H24N2O3S/c1-16(18-5-3-2-4-6-18)15-22-21(24)14-9-17-7-12-20(13-8-17)27(25,26)23-19-10-11-19/h2-9,12-14,16,19,23H,10-11,15H2,1H3,(H,22,24)/b14-9+. The van der Waals surface area contributed by atoms with E-state index >= 15 is 0 Å². The monoisotopic (exact) mass is 384 g/mol. The van der Waals surface area contributed by atoms with Crippen molar-refractivity contribution in [3.8, 4) is 0 Å². The van der Waals surface area contributed by atoms with Gasteiger partial charge < -0.3 is 5.32 Å². The lowest BCUT2D eigenvalue weighted by Crippen LogP contribution is -2.25. The molecule has 0 heterocycles. The molecule has 6 heteroatoms. The Kier molecular flexibility index (Phi) is 6.08. The lowest BCUT2D eigenvalue weighted by Gasteiger charge is -2.11. The number of amides is 1. The maximum absolute atomic E-state index is 12.1. The maximum Gasteiger partial charge on any atom is 0.244 e. The number of hydrogen-bond donors (Lipinski definition) is 2. The summed E-state index contributed by atoms with van der Waals surface area (Å²) >= 11 is 0. The maximum atomic E-state index is 12.1. The summed E-state index contributed by atoms with van der Waals surface area (Å²) < 4.78 is 26.9. The van der Waals surface area contributed by atoms with Crippen LogP contribution in [0.4, 0.5) is 0 Å². The van der Waals surface area contributed by atoms with Gasteiger partial charge in [0.1, 0.15) is 0 Å². The molecule has 1 aliphatic carbocycles. The molecule has 3 rings (SSSR count). The van der Waals surface area contributed by atoms with E-state index in [0.29, 0.717) is 6.54 Å². The van der Waals surface area contributed by atoms with Crippen LogP contribution in [0.25, 0.3) is 6.08 Å². The highest BCUT2D eigenvalue weighted by Crippen LogP contribution is 2.22. The van der Waals surface area contributed by atoms with Gasteiger partial charge in [-0.15, -0.1) is 0 Å². The first-order valence-electron chi connectivity index (χ1n) is 9.07. The van der Waals surface area contributed by atoms with Crippen molar-refractivity contribution in [1.29, 1.82) is 0 Å². The Balaban J connectivity index is 1.52. The molecule has 27 heavy (non-hydrogen) atoms. The van der Waals surface area contributed by atoms with Gasteiger partial charge in [-0.25, -0.2) is 13.1 Å². The highest BCUT2D eigenvalue weighted by atomic mass is 32.2. The number of benzene rings is 2. The van der Waals surface area contributed by atoms with Crippen LogP contribution < -0.4 is 10.0 Å². The van der Waals surface area contributed by atoms with E-state index in [1.165, 1.54) is 11.6 Å². The number of rotatable bonds is 8. The second kappa shape index (κ2) is 8.50. The summed E-state index contributed by atoms with van der Waals surface area (Å²) in [4.78, 5) is 12.2. The normalized spacial score (nSPS) is 15.6. The zero-order valence-electron chi connectivity index (χ0n) is 15.3. The Hall–Kier alpha value is -2.44. The smallest absolute Gasteiger partial charge is 0.244 e. The Bertz CT molecular complexity index is 902. The fraction of sp³-hybridized carbons (Fsp3) is 0.286. The first-order valence-corrected chi connectivity index (χ1v) is 10.6. The highest BCUT2D eigenvalue weighted by Gasteiger charge is 2.27. The number of carbonyl (C=O) groups excluding carboxylic acids is 1. The van der Waals surface area contributed by atoms with E-state index in [1.54, 1.807) is 30.3 Å². The zero-order chi connectivity index (χ0) is 19.3. The first-order chi connectivity index (χ1) is 12.9. The molecule has 1 amide bonds. The van der Waals surface area contributed by atoms with Crippen molar-refractivity contribution in [3.05, 3.63) is 71.8 Å². The minimum absolute atomic E-state index is 0.0801. The third kappa shape index (κ3) is 5.77. The van der Waals surface area contributed by atoms with Crippen LogP contribution in [0.3, 0.4) is 0 Å². The first kappa shape index (κ1) is 19.3. The van der Waals surface area contributed by atoms with Crippen molar-refractivity contribution >= 4 is 22.0 Å². The Morgan fingerprint density at radius 1 is 1.11 bits per heavy atom. The number of carbonyl (C=O) groups is 1. The summed E-state index contributed by atoms with van der Waals surface area (Å²) in [5, 5.41) is 2.88. The fourth-order valence-electron chi connectivity index (χ4n) is 2.63. The zero-order valence-corrected chi connectivity index (χ0v) is 16.1. The van der Waals surface area contributed by atoms with E-state index in [4.69, 9.17) is 0 Å². The average Bonchev–Trinajstić information content (AvgIpc) is 3.48. The minimum atomic E-state index is -3.44. The van der Waals surface area contributed by atoms with Gasteiger partial charge in [0, 0.05) is 18.7 Å². The van der Waals surface area contributed by atoms with Gasteiger partial charge in [0.05, 0.1) is 4.90 Å². The van der Waals surface area contributed by atoms with Gasteiger partial charge in [-0.1, -0.05) is 49.4 Å². The predicted octanol–water partition coefficient (Wildman–Crippen LogP) is 3.06. The quantitative estimate of drug-likeness (QED) is 0.687. The number of hydrogen-bond acceptors (Lipinski definition) is 3. The van der Waals surface area contributed by atoms with Crippen LogP contribution in [0.2, 0.25) is 0 Å². The van der Waals surface area contributed by atoms with Gasteiger partial charge in [0.25, 0.3) is 0 Å². The third-order valence-corrected chi connectivity index (χ3v) is 6.00. The molecule has 142 valence electrons. The molecular formula is C21H24N2O3S. The third-order valence-electron chi connectivity index (χ3n) is 4.47. The van der Waals surface area contributed by atoms with Crippen LogP contribution in [-0.2, 0) is 14.8 Å². The van der Waals surface area contributed by atoms with Crippen LogP contribution in [0.1, 0.15) is 36.8 Å². The minimum Gasteiger partial charge on any atom is -0.352 e. The van der Waals surface area contributed by atoms with Crippen molar-refractivity contribution < 1.29 is 13.2 Å². The van der Waals surface area contributed by atoms with Gasteiger partial charge in [-0.05, 0) is 48.1 Å². The summed E-state index contributed by atoms with van der Waals surface area (Å²) in [6.45, 7) is 2.62. The van der Waals surface area contributed by atoms with Crippen LogP contribution in [0.5, 0.6) is 0 Å². The van der Waals surface area contributed by atoms with E-state index in [0.717, 1.165) is 18.4 Å². The van der Waals surface area contributed by atoms with Crippen molar-refractivity contribution in [1.82, 2.24) is 10.0 Å². The van der Waals surface area contributed by atoms with Gasteiger partial charge >= 0.3 is 0 Å². The molecule has 0 bridgehead atoms. The van der Waals surface area contributed by atoms with E-state index in [9.17, 15) is 13.2 Å². The topological polar surface area (TPSA) is 75.3 Å². The second-order valence-corrected chi connectivity index (χ2v) is 8.57. The summed E-state index contributed by atoms with van der Waals surface area (Å²) in [6, 6.07) is 16.6. The molecule has 5 nitrogen and oxygen atoms in total. The van der Waals surface area contributed by atoms with Crippen molar-refractivity contribution in [2.75, 3.05) is 6.54 Å². The molecule has 2 aromatic rings. The van der Waals surface area contributed by atoms with Crippen LogP contribution in [-0.4, -0.2) is 26.9 Å². The molecule has 0 aliphatic heterocycles. The molecular weight excluding hydrogens is 360 g/mol. The molecule has 2 aromatic carbocycles. The Morgan fingerprint density at radius 2 is 1.78 bits per heavy atom. The molecule has 2 N–H and O–H groups in total. The van der Waals surface area contributed by atoms with E-state index < -0.39 is 10.0 Å². The van der Waals surface area contributed by atoms with Crippen molar-refractivity contribution in [3.63, 3.8) is 0 Å². The summed E-state index contributed by atoms with van der Waals surface area (Å²) in [5.74, 6) is 0.0527. The van der Waals surface area contributed by atoms with Crippen LogP contribution >= 0.6 is 0 Å². The molecule has 1 atom stereocenters. The highest BCUT2D eigenvalue weighted by molar-refractivity contribution is 7.89. The van der Waals surface area contributed by atoms with Crippen LogP contribution in [0, 0.1) is 0 Å². The molecule has 1 fully saturated rings. The van der Waals surface area contributed by atoms with E-state index in [-0.39, 0.29) is 22.8 Å². The molecule has 0 spiro atoms. The molecule has 0 saturated heterocycles. The Labute approximate surface area is 160 Å².